The van der Waals surface area contributed by atoms with Crippen molar-refractivity contribution >= 4 is 17.6 Å². The summed E-state index contributed by atoms with van der Waals surface area (Å²) in [6.07, 6.45) is 3.42. The lowest BCUT2D eigenvalue weighted by Crippen LogP contribution is -1.97. The molecular weight excluding hydrogens is 222 g/mol. The molecule has 0 aliphatic heterocycles. The van der Waals surface area contributed by atoms with Crippen molar-refractivity contribution < 1.29 is 4.42 Å². The number of pyridine rings is 1. The van der Waals surface area contributed by atoms with Gasteiger partial charge in [0.05, 0.1) is 11.8 Å². The van der Waals surface area contributed by atoms with Gasteiger partial charge in [-0.1, -0.05) is 0 Å². The summed E-state index contributed by atoms with van der Waals surface area (Å²) < 4.78 is 5.27. The Hall–Kier alpha value is -1.93. The molecule has 0 aliphatic carbocycles. The number of nitrogens with zero attached hydrogens (tertiary/aromatic N) is 2. The van der Waals surface area contributed by atoms with Gasteiger partial charge in [0.15, 0.2) is 0 Å². The van der Waals surface area contributed by atoms with Crippen molar-refractivity contribution in [2.24, 2.45) is 0 Å². The zero-order valence-corrected chi connectivity index (χ0v) is 9.41. The highest BCUT2D eigenvalue weighted by Crippen LogP contribution is 2.30. The van der Waals surface area contributed by atoms with E-state index in [4.69, 9.17) is 15.4 Å². The summed E-state index contributed by atoms with van der Waals surface area (Å²) in [6, 6.07) is 7.34. The Bertz CT molecular complexity index is 543. The molecule has 0 amide bonds. The van der Waals surface area contributed by atoms with Crippen molar-refractivity contribution in [1.29, 1.82) is 5.26 Å². The number of rotatable bonds is 2. The van der Waals surface area contributed by atoms with E-state index in [0.29, 0.717) is 27.7 Å². The van der Waals surface area contributed by atoms with E-state index >= 15 is 0 Å². The maximum Gasteiger partial charge on any atom is 0.135 e. The maximum atomic E-state index is 9.13. The van der Waals surface area contributed by atoms with Gasteiger partial charge in [-0.3, -0.25) is 0 Å². The molecule has 2 rings (SSSR count). The molecule has 5 heteroatoms. The molecule has 0 unspecified atom stereocenters. The molecule has 2 aromatic heterocycles. The second kappa shape index (κ2) is 4.29. The lowest BCUT2D eigenvalue weighted by atomic mass is 10.1. The fourth-order valence-corrected chi connectivity index (χ4v) is 1.98. The lowest BCUT2D eigenvalue weighted by molar-refractivity contribution is 0.582. The van der Waals surface area contributed by atoms with E-state index in [-0.39, 0.29) is 0 Å². The van der Waals surface area contributed by atoms with Gasteiger partial charge in [-0.25, -0.2) is 4.98 Å². The smallest absolute Gasteiger partial charge is 0.135 e. The molecule has 0 atom stereocenters. The van der Waals surface area contributed by atoms with E-state index in [2.05, 4.69) is 11.1 Å². The molecule has 4 nitrogen and oxygen atoms in total. The molecule has 2 N–H and O–H groups in total. The number of anilines is 1. The van der Waals surface area contributed by atoms with Crippen LogP contribution in [0.1, 0.15) is 5.56 Å². The van der Waals surface area contributed by atoms with Crippen molar-refractivity contribution in [2.75, 3.05) is 12.0 Å². The molecule has 0 aromatic carbocycles. The molecule has 2 aromatic rings. The van der Waals surface area contributed by atoms with Crippen LogP contribution >= 0.6 is 11.8 Å². The van der Waals surface area contributed by atoms with Crippen LogP contribution in [0.25, 0.3) is 11.3 Å². The van der Waals surface area contributed by atoms with Crippen molar-refractivity contribution in [2.45, 2.75) is 5.03 Å². The lowest BCUT2D eigenvalue weighted by Gasteiger charge is -2.06. The van der Waals surface area contributed by atoms with Gasteiger partial charge in [0.2, 0.25) is 0 Å². The highest BCUT2D eigenvalue weighted by Gasteiger charge is 2.14. The highest BCUT2D eigenvalue weighted by atomic mass is 32.2. The third kappa shape index (κ3) is 1.75. The largest absolute Gasteiger partial charge is 0.464 e. The summed E-state index contributed by atoms with van der Waals surface area (Å²) >= 11 is 1.39. The number of nitrogen functional groups attached to an aromatic ring is 1. The second-order valence-electron chi connectivity index (χ2n) is 3.07. The molecule has 80 valence electrons. The van der Waals surface area contributed by atoms with Crippen LogP contribution in [0.15, 0.2) is 33.9 Å². The zero-order chi connectivity index (χ0) is 11.5. The van der Waals surface area contributed by atoms with Crippen LogP contribution < -0.4 is 5.73 Å². The van der Waals surface area contributed by atoms with E-state index in [1.165, 1.54) is 11.8 Å². The summed E-state index contributed by atoms with van der Waals surface area (Å²) in [7, 11) is 0. The molecule has 0 spiro atoms. The van der Waals surface area contributed by atoms with E-state index < -0.39 is 0 Å². The number of hydrogen-bond acceptors (Lipinski definition) is 5. The van der Waals surface area contributed by atoms with E-state index in [9.17, 15) is 0 Å². The standard InChI is InChI=1S/C11H9N3OS/c1-16-11-8(6-12)7(5-10(13)14-11)9-3-2-4-15-9/h2-5H,1H3,(H2,13,14). The normalized spacial score (nSPS) is 10.0. The summed E-state index contributed by atoms with van der Waals surface area (Å²) in [4.78, 5) is 4.11. The van der Waals surface area contributed by atoms with Gasteiger partial charge in [0.25, 0.3) is 0 Å². The average Bonchev–Trinajstić information content (AvgIpc) is 2.81. The van der Waals surface area contributed by atoms with Gasteiger partial charge in [0, 0.05) is 5.56 Å². The topological polar surface area (TPSA) is 75.8 Å². The van der Waals surface area contributed by atoms with Gasteiger partial charge in [0.1, 0.15) is 22.7 Å². The Morgan fingerprint density at radius 1 is 1.56 bits per heavy atom. The number of furan rings is 1. The molecule has 0 radical (unpaired) electrons. The van der Waals surface area contributed by atoms with Crippen LogP contribution in [0.5, 0.6) is 0 Å². The van der Waals surface area contributed by atoms with Gasteiger partial charge >= 0.3 is 0 Å². The monoisotopic (exact) mass is 231 g/mol. The summed E-state index contributed by atoms with van der Waals surface area (Å²) in [5, 5.41) is 9.75. The van der Waals surface area contributed by atoms with Crippen molar-refractivity contribution in [1.82, 2.24) is 4.98 Å². The average molecular weight is 231 g/mol. The number of hydrogen-bond donors (Lipinski definition) is 1. The summed E-state index contributed by atoms with van der Waals surface area (Å²) in [5.41, 5.74) is 6.87. The van der Waals surface area contributed by atoms with Gasteiger partial charge < -0.3 is 10.2 Å². The molecule has 0 bridgehead atoms. The molecular formula is C11H9N3OS. The zero-order valence-electron chi connectivity index (χ0n) is 8.60. The molecule has 0 saturated heterocycles. The Morgan fingerprint density at radius 2 is 2.38 bits per heavy atom. The van der Waals surface area contributed by atoms with E-state index in [0.717, 1.165) is 0 Å². The predicted octanol–water partition coefficient (Wildman–Crippen LogP) is 2.52. The fourth-order valence-electron chi connectivity index (χ4n) is 1.42. The second-order valence-corrected chi connectivity index (χ2v) is 3.86. The van der Waals surface area contributed by atoms with Gasteiger partial charge in [-0.2, -0.15) is 5.26 Å². The number of aromatic nitrogens is 1. The minimum Gasteiger partial charge on any atom is -0.464 e. The first-order chi connectivity index (χ1) is 7.76. The minimum atomic E-state index is 0.384. The highest BCUT2D eigenvalue weighted by molar-refractivity contribution is 7.98. The van der Waals surface area contributed by atoms with Crippen LogP contribution in [0.3, 0.4) is 0 Å². The third-order valence-corrected chi connectivity index (χ3v) is 2.78. The molecule has 2 heterocycles. The molecule has 0 fully saturated rings. The number of nitriles is 1. The van der Waals surface area contributed by atoms with Crippen LogP contribution in [0, 0.1) is 11.3 Å². The van der Waals surface area contributed by atoms with Crippen molar-refractivity contribution in [3.8, 4) is 17.4 Å². The predicted molar refractivity (Wildman–Crippen MR) is 62.8 cm³/mol. The molecule has 0 saturated carbocycles. The first-order valence-corrected chi connectivity index (χ1v) is 5.77. The fraction of sp³-hybridized carbons (Fsp3) is 0.0909. The first kappa shape index (κ1) is 10.6. The van der Waals surface area contributed by atoms with Crippen molar-refractivity contribution in [3.05, 3.63) is 30.0 Å². The van der Waals surface area contributed by atoms with Gasteiger partial charge in [-0.05, 0) is 24.5 Å². The Labute approximate surface area is 97.1 Å². The van der Waals surface area contributed by atoms with Crippen LogP contribution in [0.4, 0.5) is 5.82 Å². The van der Waals surface area contributed by atoms with Crippen LogP contribution in [0.2, 0.25) is 0 Å². The van der Waals surface area contributed by atoms with Crippen molar-refractivity contribution in [3.63, 3.8) is 0 Å². The van der Waals surface area contributed by atoms with Crippen LogP contribution in [-0.2, 0) is 0 Å². The van der Waals surface area contributed by atoms with Gasteiger partial charge in [-0.15, -0.1) is 11.8 Å². The minimum absolute atomic E-state index is 0.384. The first-order valence-electron chi connectivity index (χ1n) is 4.54. The third-order valence-electron chi connectivity index (χ3n) is 2.10. The Balaban J connectivity index is 2.69. The number of thioether (sulfide) groups is 1. The maximum absolute atomic E-state index is 9.13. The Morgan fingerprint density at radius 3 is 2.94 bits per heavy atom. The SMILES string of the molecule is CSc1nc(N)cc(-c2ccco2)c1C#N. The van der Waals surface area contributed by atoms with E-state index in [1.807, 2.05) is 6.26 Å². The molecule has 0 aliphatic rings. The summed E-state index contributed by atoms with van der Waals surface area (Å²) in [6.45, 7) is 0. The summed E-state index contributed by atoms with van der Waals surface area (Å²) in [5.74, 6) is 1.01. The quantitative estimate of drug-likeness (QED) is 0.804. The number of nitrogens with two attached hydrogens (primary N) is 1. The van der Waals surface area contributed by atoms with Crippen LogP contribution in [-0.4, -0.2) is 11.2 Å². The molecule has 16 heavy (non-hydrogen) atoms. The Kier molecular flexibility index (Phi) is 2.84. The van der Waals surface area contributed by atoms with E-state index in [1.54, 1.807) is 24.5 Å².